The molecule has 2 aromatic carbocycles. The fraction of sp³-hybridized carbons (Fsp3) is 0.0588. The number of hydrogen-bond acceptors (Lipinski definition) is 2. The number of hydrogen-bond donors (Lipinski definition) is 0. The SMILES string of the molecule is Cn1c(C=Cc2ccccc2Cl)cc2cc([N+](=O)[O-])ccc21. The first-order valence-electron chi connectivity index (χ1n) is 6.73. The van der Waals surface area contributed by atoms with Crippen molar-refractivity contribution in [3.63, 3.8) is 0 Å². The molecule has 0 aliphatic carbocycles. The Morgan fingerprint density at radius 2 is 1.91 bits per heavy atom. The van der Waals surface area contributed by atoms with Gasteiger partial charge in [-0.2, -0.15) is 0 Å². The molecule has 0 fully saturated rings. The second-order valence-electron chi connectivity index (χ2n) is 4.98. The highest BCUT2D eigenvalue weighted by Gasteiger charge is 2.09. The average molecular weight is 313 g/mol. The van der Waals surface area contributed by atoms with Crippen LogP contribution in [0.5, 0.6) is 0 Å². The standard InChI is InChI=1S/C17H13ClN2O2/c1-19-14(7-6-12-4-2-3-5-16(12)18)10-13-11-15(20(21)22)8-9-17(13)19/h2-11H,1H3. The van der Waals surface area contributed by atoms with E-state index in [0.29, 0.717) is 5.02 Å². The maximum absolute atomic E-state index is 10.9. The maximum atomic E-state index is 10.9. The van der Waals surface area contributed by atoms with Crippen molar-refractivity contribution in [1.82, 2.24) is 4.57 Å². The van der Waals surface area contributed by atoms with Crippen molar-refractivity contribution in [1.29, 1.82) is 0 Å². The summed E-state index contributed by atoms with van der Waals surface area (Å²) in [6.45, 7) is 0. The van der Waals surface area contributed by atoms with Crippen molar-refractivity contribution in [3.05, 3.63) is 74.9 Å². The molecule has 0 atom stereocenters. The molecular weight excluding hydrogens is 300 g/mol. The Hall–Kier alpha value is -2.59. The van der Waals surface area contributed by atoms with E-state index in [9.17, 15) is 10.1 Å². The summed E-state index contributed by atoms with van der Waals surface area (Å²) in [4.78, 5) is 10.5. The van der Waals surface area contributed by atoms with Crippen molar-refractivity contribution in [2.24, 2.45) is 7.05 Å². The van der Waals surface area contributed by atoms with Crippen molar-refractivity contribution < 1.29 is 4.92 Å². The van der Waals surface area contributed by atoms with Crippen LogP contribution in [-0.4, -0.2) is 9.49 Å². The van der Waals surface area contributed by atoms with E-state index < -0.39 is 0 Å². The number of nitrogens with zero attached hydrogens (tertiary/aromatic N) is 2. The van der Waals surface area contributed by atoms with Crippen LogP contribution in [0.1, 0.15) is 11.3 Å². The summed E-state index contributed by atoms with van der Waals surface area (Å²) in [7, 11) is 1.93. The van der Waals surface area contributed by atoms with E-state index in [4.69, 9.17) is 11.6 Å². The van der Waals surface area contributed by atoms with Gasteiger partial charge in [-0.3, -0.25) is 10.1 Å². The Balaban J connectivity index is 2.03. The summed E-state index contributed by atoms with van der Waals surface area (Å²) in [5.74, 6) is 0. The predicted molar refractivity (Wildman–Crippen MR) is 90.0 cm³/mol. The number of aryl methyl sites for hydroxylation is 1. The number of nitro groups is 1. The molecule has 0 amide bonds. The minimum atomic E-state index is -0.383. The quantitative estimate of drug-likeness (QED) is 0.509. The lowest BCUT2D eigenvalue weighted by atomic mass is 10.2. The molecule has 0 aliphatic heterocycles. The van der Waals surface area contributed by atoms with Crippen LogP contribution in [-0.2, 0) is 7.05 Å². The largest absolute Gasteiger partial charge is 0.344 e. The van der Waals surface area contributed by atoms with Crippen LogP contribution in [0, 0.1) is 10.1 Å². The van der Waals surface area contributed by atoms with Crippen LogP contribution >= 0.6 is 11.6 Å². The number of benzene rings is 2. The van der Waals surface area contributed by atoms with Crippen LogP contribution in [0.2, 0.25) is 5.02 Å². The number of fused-ring (bicyclic) bond motifs is 1. The molecule has 0 spiro atoms. The predicted octanol–water partition coefficient (Wildman–Crippen LogP) is 4.91. The van der Waals surface area contributed by atoms with Gasteiger partial charge in [-0.25, -0.2) is 0 Å². The molecule has 22 heavy (non-hydrogen) atoms. The normalized spacial score (nSPS) is 11.4. The molecule has 0 unspecified atom stereocenters. The van der Waals surface area contributed by atoms with Gasteiger partial charge >= 0.3 is 0 Å². The highest BCUT2D eigenvalue weighted by molar-refractivity contribution is 6.32. The average Bonchev–Trinajstić information content (AvgIpc) is 2.82. The third-order valence-corrected chi connectivity index (χ3v) is 3.96. The molecule has 0 aliphatic rings. The molecule has 0 radical (unpaired) electrons. The van der Waals surface area contributed by atoms with Gasteiger partial charge in [0.25, 0.3) is 5.69 Å². The molecule has 1 aromatic heterocycles. The molecule has 0 bridgehead atoms. The van der Waals surface area contributed by atoms with Crippen LogP contribution in [0.3, 0.4) is 0 Å². The van der Waals surface area contributed by atoms with Crippen LogP contribution in [0.15, 0.2) is 48.5 Å². The first-order valence-corrected chi connectivity index (χ1v) is 7.10. The molecule has 3 aromatic rings. The van der Waals surface area contributed by atoms with E-state index in [0.717, 1.165) is 22.2 Å². The van der Waals surface area contributed by atoms with Gasteiger partial charge in [0.2, 0.25) is 0 Å². The number of rotatable bonds is 3. The fourth-order valence-electron chi connectivity index (χ4n) is 2.42. The van der Waals surface area contributed by atoms with E-state index in [1.54, 1.807) is 12.1 Å². The van der Waals surface area contributed by atoms with Gasteiger partial charge in [0, 0.05) is 40.8 Å². The molecule has 0 saturated carbocycles. The minimum Gasteiger partial charge on any atom is -0.344 e. The van der Waals surface area contributed by atoms with Crippen molar-refractivity contribution in [2.75, 3.05) is 0 Å². The zero-order valence-electron chi connectivity index (χ0n) is 11.9. The zero-order valence-corrected chi connectivity index (χ0v) is 12.6. The van der Waals surface area contributed by atoms with E-state index >= 15 is 0 Å². The first-order chi connectivity index (χ1) is 10.6. The smallest absolute Gasteiger partial charge is 0.270 e. The maximum Gasteiger partial charge on any atom is 0.270 e. The number of nitro benzene ring substituents is 1. The first kappa shape index (κ1) is 14.4. The Labute approximate surface area is 132 Å². The summed E-state index contributed by atoms with van der Waals surface area (Å²) >= 11 is 6.13. The van der Waals surface area contributed by atoms with Gasteiger partial charge in [0.05, 0.1) is 4.92 Å². The highest BCUT2D eigenvalue weighted by atomic mass is 35.5. The zero-order chi connectivity index (χ0) is 15.7. The second-order valence-corrected chi connectivity index (χ2v) is 5.39. The Kier molecular flexibility index (Phi) is 3.69. The molecule has 4 nitrogen and oxygen atoms in total. The molecule has 0 saturated heterocycles. The van der Waals surface area contributed by atoms with E-state index in [1.807, 2.05) is 54.1 Å². The Morgan fingerprint density at radius 1 is 1.14 bits per heavy atom. The van der Waals surface area contributed by atoms with E-state index in [2.05, 4.69) is 0 Å². The monoisotopic (exact) mass is 312 g/mol. The molecule has 3 rings (SSSR count). The number of halogens is 1. The van der Waals surface area contributed by atoms with Crippen LogP contribution in [0.25, 0.3) is 23.1 Å². The fourth-order valence-corrected chi connectivity index (χ4v) is 2.62. The number of non-ortho nitro benzene ring substituents is 1. The molecular formula is C17H13ClN2O2. The lowest BCUT2D eigenvalue weighted by Gasteiger charge is -2.00. The summed E-state index contributed by atoms with van der Waals surface area (Å²) < 4.78 is 1.99. The summed E-state index contributed by atoms with van der Waals surface area (Å²) in [5, 5.41) is 12.4. The lowest BCUT2D eigenvalue weighted by molar-refractivity contribution is -0.384. The van der Waals surface area contributed by atoms with Gasteiger partial charge in [0.1, 0.15) is 0 Å². The Morgan fingerprint density at radius 3 is 2.64 bits per heavy atom. The van der Waals surface area contributed by atoms with Gasteiger partial charge in [-0.05, 0) is 29.8 Å². The molecule has 110 valence electrons. The number of aromatic nitrogens is 1. The highest BCUT2D eigenvalue weighted by Crippen LogP contribution is 2.25. The third-order valence-electron chi connectivity index (χ3n) is 3.61. The summed E-state index contributed by atoms with van der Waals surface area (Å²) in [5.41, 5.74) is 2.93. The summed E-state index contributed by atoms with van der Waals surface area (Å²) in [6, 6.07) is 14.4. The molecule has 1 heterocycles. The summed E-state index contributed by atoms with van der Waals surface area (Å²) in [6.07, 6.45) is 3.89. The Bertz CT molecular complexity index is 897. The van der Waals surface area contributed by atoms with E-state index in [-0.39, 0.29) is 10.6 Å². The topological polar surface area (TPSA) is 48.1 Å². The van der Waals surface area contributed by atoms with Crippen LogP contribution < -0.4 is 0 Å². The second kappa shape index (κ2) is 5.66. The van der Waals surface area contributed by atoms with Crippen molar-refractivity contribution >= 4 is 40.3 Å². The van der Waals surface area contributed by atoms with Crippen molar-refractivity contribution in [2.45, 2.75) is 0 Å². The van der Waals surface area contributed by atoms with Gasteiger partial charge in [-0.1, -0.05) is 35.9 Å². The van der Waals surface area contributed by atoms with Crippen molar-refractivity contribution in [3.8, 4) is 0 Å². The van der Waals surface area contributed by atoms with Crippen LogP contribution in [0.4, 0.5) is 5.69 Å². The van der Waals surface area contributed by atoms with Gasteiger partial charge < -0.3 is 4.57 Å². The van der Waals surface area contributed by atoms with Gasteiger partial charge in [-0.15, -0.1) is 0 Å². The van der Waals surface area contributed by atoms with Gasteiger partial charge in [0.15, 0.2) is 0 Å². The molecule has 5 heteroatoms. The van der Waals surface area contributed by atoms with E-state index in [1.165, 1.54) is 6.07 Å². The minimum absolute atomic E-state index is 0.0970. The molecule has 0 N–H and O–H groups in total. The third kappa shape index (κ3) is 2.61. The lowest BCUT2D eigenvalue weighted by Crippen LogP contribution is -1.91.